The highest BCUT2D eigenvalue weighted by Gasteiger charge is 2.15. The van der Waals surface area contributed by atoms with Crippen molar-refractivity contribution in [2.24, 2.45) is 4.99 Å². The van der Waals surface area contributed by atoms with Gasteiger partial charge in [-0.2, -0.15) is 0 Å². The Labute approximate surface area is 192 Å². The third-order valence-corrected chi connectivity index (χ3v) is 5.24. The van der Waals surface area contributed by atoms with Crippen molar-refractivity contribution in [1.82, 2.24) is 25.4 Å². The van der Waals surface area contributed by atoms with Crippen molar-refractivity contribution in [3.63, 3.8) is 0 Å². The van der Waals surface area contributed by atoms with E-state index in [1.807, 2.05) is 0 Å². The molecule has 0 fully saturated rings. The first kappa shape index (κ1) is 23.6. The van der Waals surface area contributed by atoms with Gasteiger partial charge in [-0.25, -0.2) is 4.99 Å². The van der Waals surface area contributed by atoms with Gasteiger partial charge in [-0.1, -0.05) is 38.1 Å². The van der Waals surface area contributed by atoms with Crippen LogP contribution in [0.3, 0.4) is 0 Å². The van der Waals surface area contributed by atoms with Crippen LogP contribution >= 0.6 is 24.0 Å². The molecule has 0 amide bonds. The monoisotopic (exact) mass is 510 g/mol. The minimum atomic E-state index is 0. The Hall–Kier alpha value is -1.64. The second kappa shape index (κ2) is 12.1. The summed E-state index contributed by atoms with van der Waals surface area (Å²) in [6.07, 6.45) is 5.60. The fourth-order valence-corrected chi connectivity index (χ4v) is 3.55. The second-order valence-corrected chi connectivity index (χ2v) is 7.76. The Morgan fingerprint density at radius 3 is 2.66 bits per heavy atom. The number of rotatable bonds is 8. The zero-order valence-electron chi connectivity index (χ0n) is 17.9. The molecule has 0 radical (unpaired) electrons. The highest BCUT2D eigenvalue weighted by molar-refractivity contribution is 14.0. The molecule has 1 aromatic carbocycles. The van der Waals surface area contributed by atoms with E-state index >= 15 is 0 Å². The van der Waals surface area contributed by atoms with E-state index < -0.39 is 0 Å². The van der Waals surface area contributed by atoms with Gasteiger partial charge < -0.3 is 15.2 Å². The van der Waals surface area contributed by atoms with E-state index in [1.165, 1.54) is 24.0 Å². The minimum absolute atomic E-state index is 0. The molecule has 0 unspecified atom stereocenters. The molecule has 0 atom stereocenters. The molecule has 1 aliphatic heterocycles. The lowest BCUT2D eigenvalue weighted by molar-refractivity contribution is 0.508. The lowest BCUT2D eigenvalue weighted by Crippen LogP contribution is -2.38. The summed E-state index contributed by atoms with van der Waals surface area (Å²) in [5.74, 6) is 3.52. The topological polar surface area (TPSA) is 67.1 Å². The molecule has 2 heterocycles. The number of nitrogens with zero attached hydrogens (tertiary/aromatic N) is 4. The van der Waals surface area contributed by atoms with Crippen molar-refractivity contribution < 1.29 is 0 Å². The zero-order valence-corrected chi connectivity index (χ0v) is 20.3. The van der Waals surface area contributed by atoms with Crippen LogP contribution in [-0.4, -0.2) is 33.8 Å². The number of nitrogens with one attached hydrogen (secondary N) is 2. The Morgan fingerprint density at radius 1 is 1.14 bits per heavy atom. The smallest absolute Gasteiger partial charge is 0.191 e. The first-order chi connectivity index (χ1) is 13.7. The minimum Gasteiger partial charge on any atom is -0.357 e. The van der Waals surface area contributed by atoms with Crippen LogP contribution in [-0.2, 0) is 25.9 Å². The number of hydrogen-bond acceptors (Lipinski definition) is 3. The molecule has 2 N–H and O–H groups in total. The summed E-state index contributed by atoms with van der Waals surface area (Å²) < 4.78 is 2.23. The molecule has 1 aromatic heterocycles. The highest BCUT2D eigenvalue weighted by atomic mass is 127. The molecule has 7 heteroatoms. The van der Waals surface area contributed by atoms with Crippen LogP contribution < -0.4 is 10.6 Å². The molecule has 0 bridgehead atoms. The number of fused-ring (bicyclic) bond motifs is 1. The van der Waals surface area contributed by atoms with Gasteiger partial charge in [0.2, 0.25) is 0 Å². The van der Waals surface area contributed by atoms with Crippen molar-refractivity contribution in [3.05, 3.63) is 47.0 Å². The first-order valence-corrected chi connectivity index (χ1v) is 10.7. The largest absolute Gasteiger partial charge is 0.357 e. The van der Waals surface area contributed by atoms with Gasteiger partial charge in [-0.15, -0.1) is 34.2 Å². The molecule has 6 nitrogen and oxygen atoms in total. The molecule has 2 aromatic rings. The predicted molar refractivity (Wildman–Crippen MR) is 130 cm³/mol. The van der Waals surface area contributed by atoms with Crippen LogP contribution in [0.15, 0.2) is 29.3 Å². The summed E-state index contributed by atoms with van der Waals surface area (Å²) in [5, 5.41) is 15.4. The van der Waals surface area contributed by atoms with E-state index in [1.54, 1.807) is 0 Å². The average Bonchev–Trinajstić information content (AvgIpc) is 3.13. The van der Waals surface area contributed by atoms with E-state index in [-0.39, 0.29) is 24.0 Å². The van der Waals surface area contributed by atoms with Crippen LogP contribution in [0.5, 0.6) is 0 Å². The molecule has 0 aliphatic carbocycles. The average molecular weight is 510 g/mol. The first-order valence-electron chi connectivity index (χ1n) is 10.7. The molecular formula is C22H35IN6. The van der Waals surface area contributed by atoms with Crippen LogP contribution in [0.2, 0.25) is 0 Å². The number of aliphatic imine (C=N–C) groups is 1. The van der Waals surface area contributed by atoms with Gasteiger partial charge in [0.1, 0.15) is 12.4 Å². The number of aryl methyl sites for hydroxylation is 2. The third kappa shape index (κ3) is 6.97. The van der Waals surface area contributed by atoms with Crippen LogP contribution in [0.1, 0.15) is 68.7 Å². The van der Waals surface area contributed by atoms with E-state index in [9.17, 15) is 0 Å². The van der Waals surface area contributed by atoms with E-state index in [4.69, 9.17) is 4.99 Å². The molecule has 0 saturated heterocycles. The van der Waals surface area contributed by atoms with Crippen molar-refractivity contribution in [3.8, 4) is 0 Å². The second-order valence-electron chi connectivity index (χ2n) is 7.76. The molecule has 160 valence electrons. The molecule has 3 rings (SSSR count). The lowest BCUT2D eigenvalue weighted by atomic mass is 10.0. The molecule has 29 heavy (non-hydrogen) atoms. The van der Waals surface area contributed by atoms with Gasteiger partial charge in [0.05, 0.1) is 0 Å². The summed E-state index contributed by atoms with van der Waals surface area (Å²) in [7, 11) is 0. The standard InChI is InChI=1S/C22H34N6.HI/c1-4-23-22(25-16-21-27-26-20-9-5-6-15-28(20)21)24-14-7-8-18-10-12-19(13-11-18)17(2)3;/h10-13,17H,4-9,14-16H2,1-3H3,(H2,23,24,25);1H. The fraction of sp³-hybridized carbons (Fsp3) is 0.591. The molecule has 1 aliphatic rings. The Morgan fingerprint density at radius 2 is 1.93 bits per heavy atom. The Balaban J connectivity index is 0.00000300. The number of hydrogen-bond donors (Lipinski definition) is 2. The summed E-state index contributed by atoms with van der Waals surface area (Å²) in [6, 6.07) is 9.00. The summed E-state index contributed by atoms with van der Waals surface area (Å²) in [6.45, 7) is 9.89. The predicted octanol–water partition coefficient (Wildman–Crippen LogP) is 4.04. The fourth-order valence-electron chi connectivity index (χ4n) is 3.55. The quantitative estimate of drug-likeness (QED) is 0.244. The maximum atomic E-state index is 4.71. The van der Waals surface area contributed by atoms with Gasteiger partial charge >= 0.3 is 0 Å². The zero-order chi connectivity index (χ0) is 19.8. The van der Waals surface area contributed by atoms with Crippen molar-refractivity contribution in [1.29, 1.82) is 0 Å². The van der Waals surface area contributed by atoms with Crippen LogP contribution in [0.25, 0.3) is 0 Å². The van der Waals surface area contributed by atoms with Crippen LogP contribution in [0.4, 0.5) is 0 Å². The molecular weight excluding hydrogens is 475 g/mol. The van der Waals surface area contributed by atoms with Gasteiger partial charge in [-0.3, -0.25) is 0 Å². The van der Waals surface area contributed by atoms with Crippen molar-refractivity contribution >= 4 is 29.9 Å². The summed E-state index contributed by atoms with van der Waals surface area (Å²) >= 11 is 0. The van der Waals surface area contributed by atoms with Crippen molar-refractivity contribution in [2.75, 3.05) is 13.1 Å². The third-order valence-electron chi connectivity index (χ3n) is 5.24. The number of halogens is 1. The number of aromatic nitrogens is 3. The Kier molecular flexibility index (Phi) is 9.90. The summed E-state index contributed by atoms with van der Waals surface area (Å²) in [4.78, 5) is 4.71. The van der Waals surface area contributed by atoms with Gasteiger partial charge in [0.15, 0.2) is 11.8 Å². The number of benzene rings is 1. The number of guanidine groups is 1. The van der Waals surface area contributed by atoms with E-state index in [2.05, 4.69) is 70.4 Å². The van der Waals surface area contributed by atoms with E-state index in [0.717, 1.165) is 56.5 Å². The maximum absolute atomic E-state index is 4.71. The summed E-state index contributed by atoms with van der Waals surface area (Å²) in [5.41, 5.74) is 2.79. The maximum Gasteiger partial charge on any atom is 0.191 e. The molecule has 0 spiro atoms. The normalized spacial score (nSPS) is 13.7. The van der Waals surface area contributed by atoms with Gasteiger partial charge in [0.25, 0.3) is 0 Å². The Bertz CT molecular complexity index is 766. The van der Waals surface area contributed by atoms with E-state index in [0.29, 0.717) is 12.5 Å². The van der Waals surface area contributed by atoms with Gasteiger partial charge in [-0.05, 0) is 49.7 Å². The molecule has 0 saturated carbocycles. The van der Waals surface area contributed by atoms with Crippen LogP contribution in [0, 0.1) is 0 Å². The highest BCUT2D eigenvalue weighted by Crippen LogP contribution is 2.16. The SMILES string of the molecule is CCNC(=NCc1nnc2n1CCCC2)NCCCc1ccc(C(C)C)cc1.I. The lowest BCUT2D eigenvalue weighted by Gasteiger charge is -2.14. The van der Waals surface area contributed by atoms with Gasteiger partial charge in [0, 0.05) is 26.1 Å². The van der Waals surface area contributed by atoms with Crippen molar-refractivity contribution in [2.45, 2.75) is 71.9 Å².